The Kier molecular flexibility index (Phi) is 5.00. The van der Waals surface area contributed by atoms with Crippen LogP contribution in [0.5, 0.6) is 0 Å². The SMILES string of the molecule is O=C(NCCc1cccc(Cl)c1)c1csc(-c2ccncc2)n1. The predicted molar refractivity (Wildman–Crippen MR) is 92.8 cm³/mol. The van der Waals surface area contributed by atoms with Gasteiger partial charge in [0.25, 0.3) is 5.91 Å². The molecule has 0 aliphatic heterocycles. The minimum atomic E-state index is -0.163. The molecule has 0 radical (unpaired) electrons. The van der Waals surface area contributed by atoms with Crippen molar-refractivity contribution in [1.82, 2.24) is 15.3 Å². The van der Waals surface area contributed by atoms with Crippen LogP contribution in [0.1, 0.15) is 16.1 Å². The maximum absolute atomic E-state index is 12.1. The van der Waals surface area contributed by atoms with Crippen molar-refractivity contribution in [3.63, 3.8) is 0 Å². The number of nitrogens with one attached hydrogen (secondary N) is 1. The Bertz CT molecular complexity index is 804. The van der Waals surface area contributed by atoms with E-state index in [1.165, 1.54) is 11.3 Å². The largest absolute Gasteiger partial charge is 0.350 e. The molecule has 0 aliphatic rings. The molecule has 2 aromatic heterocycles. The van der Waals surface area contributed by atoms with Gasteiger partial charge in [0, 0.05) is 34.9 Å². The summed E-state index contributed by atoms with van der Waals surface area (Å²) in [6, 6.07) is 11.4. The highest BCUT2D eigenvalue weighted by Crippen LogP contribution is 2.22. The summed E-state index contributed by atoms with van der Waals surface area (Å²) in [7, 11) is 0. The molecule has 0 saturated carbocycles. The Morgan fingerprint density at radius 1 is 1.22 bits per heavy atom. The van der Waals surface area contributed by atoms with E-state index in [4.69, 9.17) is 11.6 Å². The minimum absolute atomic E-state index is 0.163. The first kappa shape index (κ1) is 15.6. The molecule has 6 heteroatoms. The molecular weight excluding hydrogens is 330 g/mol. The standard InChI is InChI=1S/C17H14ClN3OS/c18-14-3-1-2-12(10-14)4-9-20-16(22)15-11-23-17(21-15)13-5-7-19-8-6-13/h1-3,5-8,10-11H,4,9H2,(H,20,22). The third kappa shape index (κ3) is 4.15. The summed E-state index contributed by atoms with van der Waals surface area (Å²) in [6.45, 7) is 0.543. The number of halogens is 1. The molecule has 23 heavy (non-hydrogen) atoms. The van der Waals surface area contributed by atoms with Crippen LogP contribution in [0.2, 0.25) is 5.02 Å². The van der Waals surface area contributed by atoms with E-state index in [1.807, 2.05) is 36.4 Å². The fraction of sp³-hybridized carbons (Fsp3) is 0.118. The molecule has 1 N–H and O–H groups in total. The van der Waals surface area contributed by atoms with Crippen molar-refractivity contribution in [3.05, 3.63) is 70.5 Å². The van der Waals surface area contributed by atoms with Gasteiger partial charge in [0.15, 0.2) is 0 Å². The smallest absolute Gasteiger partial charge is 0.270 e. The number of benzene rings is 1. The van der Waals surface area contributed by atoms with Crippen LogP contribution in [0.4, 0.5) is 0 Å². The number of nitrogens with zero attached hydrogens (tertiary/aromatic N) is 2. The van der Waals surface area contributed by atoms with E-state index in [1.54, 1.807) is 17.8 Å². The highest BCUT2D eigenvalue weighted by Gasteiger charge is 2.11. The van der Waals surface area contributed by atoms with Crippen LogP contribution < -0.4 is 5.32 Å². The normalized spacial score (nSPS) is 10.5. The fourth-order valence-corrected chi connectivity index (χ4v) is 3.13. The van der Waals surface area contributed by atoms with Crippen LogP contribution in [0.25, 0.3) is 10.6 Å². The summed E-state index contributed by atoms with van der Waals surface area (Å²) in [5.74, 6) is -0.163. The van der Waals surface area contributed by atoms with Gasteiger partial charge in [-0.2, -0.15) is 0 Å². The second-order valence-electron chi connectivity index (χ2n) is 4.91. The summed E-state index contributed by atoms with van der Waals surface area (Å²) in [5, 5.41) is 6.17. The van der Waals surface area contributed by atoms with Gasteiger partial charge < -0.3 is 5.32 Å². The number of hydrogen-bond donors (Lipinski definition) is 1. The van der Waals surface area contributed by atoms with Gasteiger partial charge in [0.2, 0.25) is 0 Å². The molecule has 0 unspecified atom stereocenters. The quantitative estimate of drug-likeness (QED) is 0.766. The van der Waals surface area contributed by atoms with E-state index in [0.717, 1.165) is 22.6 Å². The molecule has 0 spiro atoms. The molecule has 3 aromatic rings. The number of pyridine rings is 1. The Balaban J connectivity index is 1.58. The number of aromatic nitrogens is 2. The van der Waals surface area contributed by atoms with E-state index in [2.05, 4.69) is 15.3 Å². The van der Waals surface area contributed by atoms with E-state index in [-0.39, 0.29) is 5.91 Å². The van der Waals surface area contributed by atoms with E-state index < -0.39 is 0 Å². The molecule has 0 aliphatic carbocycles. The topological polar surface area (TPSA) is 54.9 Å². The lowest BCUT2D eigenvalue weighted by atomic mass is 10.1. The fourth-order valence-electron chi connectivity index (χ4n) is 2.11. The highest BCUT2D eigenvalue weighted by molar-refractivity contribution is 7.13. The van der Waals surface area contributed by atoms with Crippen molar-refractivity contribution in [2.75, 3.05) is 6.54 Å². The summed E-state index contributed by atoms with van der Waals surface area (Å²) in [5.41, 5.74) is 2.49. The molecule has 2 heterocycles. The molecule has 116 valence electrons. The molecule has 0 atom stereocenters. The molecule has 0 fully saturated rings. The van der Waals surface area contributed by atoms with Crippen molar-refractivity contribution < 1.29 is 4.79 Å². The van der Waals surface area contributed by atoms with E-state index >= 15 is 0 Å². The van der Waals surface area contributed by atoms with Crippen LogP contribution in [-0.2, 0) is 6.42 Å². The molecule has 4 nitrogen and oxygen atoms in total. The molecule has 1 aromatic carbocycles. The summed E-state index contributed by atoms with van der Waals surface area (Å²) in [4.78, 5) is 20.5. The maximum atomic E-state index is 12.1. The van der Waals surface area contributed by atoms with Crippen molar-refractivity contribution in [3.8, 4) is 10.6 Å². The average Bonchev–Trinajstić information content (AvgIpc) is 3.06. The van der Waals surface area contributed by atoms with Crippen LogP contribution in [0.15, 0.2) is 54.2 Å². The zero-order chi connectivity index (χ0) is 16.1. The Labute approximate surface area is 143 Å². The van der Waals surface area contributed by atoms with Gasteiger partial charge in [-0.25, -0.2) is 4.98 Å². The molecule has 0 bridgehead atoms. The van der Waals surface area contributed by atoms with Crippen LogP contribution in [0.3, 0.4) is 0 Å². The van der Waals surface area contributed by atoms with Gasteiger partial charge in [-0.05, 0) is 36.2 Å². The Morgan fingerprint density at radius 2 is 2.04 bits per heavy atom. The summed E-state index contributed by atoms with van der Waals surface area (Å²) in [6.07, 6.45) is 4.15. The Morgan fingerprint density at radius 3 is 2.83 bits per heavy atom. The van der Waals surface area contributed by atoms with Crippen LogP contribution in [-0.4, -0.2) is 22.4 Å². The van der Waals surface area contributed by atoms with Gasteiger partial charge in [-0.15, -0.1) is 11.3 Å². The number of carbonyl (C=O) groups excluding carboxylic acids is 1. The van der Waals surface area contributed by atoms with E-state index in [0.29, 0.717) is 17.3 Å². The van der Waals surface area contributed by atoms with Gasteiger partial charge in [-0.1, -0.05) is 23.7 Å². The second-order valence-corrected chi connectivity index (χ2v) is 6.20. The molecular formula is C17H14ClN3OS. The first-order chi connectivity index (χ1) is 11.2. The molecule has 0 saturated heterocycles. The van der Waals surface area contributed by atoms with Crippen molar-refractivity contribution in [1.29, 1.82) is 0 Å². The Hall–Kier alpha value is -2.24. The lowest BCUT2D eigenvalue weighted by molar-refractivity contribution is 0.0950. The van der Waals surface area contributed by atoms with Gasteiger partial charge in [0.05, 0.1) is 0 Å². The van der Waals surface area contributed by atoms with Crippen molar-refractivity contribution >= 4 is 28.8 Å². The lowest BCUT2D eigenvalue weighted by Gasteiger charge is -2.04. The third-order valence-corrected chi connectivity index (χ3v) is 4.38. The van der Waals surface area contributed by atoms with Crippen LogP contribution >= 0.6 is 22.9 Å². The maximum Gasteiger partial charge on any atom is 0.270 e. The lowest BCUT2D eigenvalue weighted by Crippen LogP contribution is -2.25. The number of thiazole rings is 1. The number of rotatable bonds is 5. The first-order valence-electron chi connectivity index (χ1n) is 7.11. The summed E-state index contributed by atoms with van der Waals surface area (Å²) < 4.78 is 0. The van der Waals surface area contributed by atoms with E-state index in [9.17, 15) is 4.79 Å². The second kappa shape index (κ2) is 7.35. The number of hydrogen-bond acceptors (Lipinski definition) is 4. The number of carbonyl (C=O) groups is 1. The molecule has 1 amide bonds. The molecule has 3 rings (SSSR count). The van der Waals surface area contributed by atoms with Crippen molar-refractivity contribution in [2.45, 2.75) is 6.42 Å². The van der Waals surface area contributed by atoms with Crippen LogP contribution in [0, 0.1) is 0 Å². The highest BCUT2D eigenvalue weighted by atomic mass is 35.5. The number of amides is 1. The predicted octanol–water partition coefficient (Wildman–Crippen LogP) is 3.83. The minimum Gasteiger partial charge on any atom is -0.350 e. The van der Waals surface area contributed by atoms with Gasteiger partial charge in [0.1, 0.15) is 10.7 Å². The monoisotopic (exact) mass is 343 g/mol. The average molecular weight is 344 g/mol. The first-order valence-corrected chi connectivity index (χ1v) is 8.37. The third-order valence-electron chi connectivity index (χ3n) is 3.25. The zero-order valence-electron chi connectivity index (χ0n) is 12.2. The zero-order valence-corrected chi connectivity index (χ0v) is 13.8. The van der Waals surface area contributed by atoms with Gasteiger partial charge in [-0.3, -0.25) is 9.78 Å². The van der Waals surface area contributed by atoms with Gasteiger partial charge >= 0.3 is 0 Å². The summed E-state index contributed by atoms with van der Waals surface area (Å²) >= 11 is 7.39. The van der Waals surface area contributed by atoms with Crippen molar-refractivity contribution in [2.24, 2.45) is 0 Å².